The molecule has 4 nitrogen and oxygen atoms in total. The van der Waals surface area contributed by atoms with Crippen LogP contribution in [0, 0.1) is 6.92 Å². The monoisotopic (exact) mass is 270 g/mol. The van der Waals surface area contributed by atoms with Gasteiger partial charge in [0.15, 0.2) is 0 Å². The average Bonchev–Trinajstić information content (AvgIpc) is 2.85. The molecule has 1 unspecified atom stereocenters. The summed E-state index contributed by atoms with van der Waals surface area (Å²) >= 11 is 0. The molecule has 0 amide bonds. The molecule has 0 bridgehead atoms. The minimum Gasteiger partial charge on any atom is -0.298 e. The van der Waals surface area contributed by atoms with Gasteiger partial charge in [0.05, 0.1) is 6.20 Å². The molecule has 4 heteroatoms. The summed E-state index contributed by atoms with van der Waals surface area (Å²) in [5.41, 5.74) is 3.77. The zero-order valence-electron chi connectivity index (χ0n) is 12.3. The van der Waals surface area contributed by atoms with Crippen molar-refractivity contribution in [2.75, 3.05) is 13.1 Å². The van der Waals surface area contributed by atoms with Crippen LogP contribution < -0.4 is 0 Å². The predicted octanol–water partition coefficient (Wildman–Crippen LogP) is 2.50. The second kappa shape index (κ2) is 5.75. The number of aryl methyl sites for hydroxylation is 2. The smallest absolute Gasteiger partial charge is 0.0534 e. The molecule has 2 aromatic heterocycles. The first-order chi connectivity index (χ1) is 9.70. The Morgan fingerprint density at radius 2 is 2.20 bits per heavy atom. The highest BCUT2D eigenvalue weighted by molar-refractivity contribution is 5.16. The summed E-state index contributed by atoms with van der Waals surface area (Å²) in [6, 6.07) is 4.36. The number of likely N-dealkylation sites (tertiary alicyclic amines) is 1. The van der Waals surface area contributed by atoms with Gasteiger partial charge < -0.3 is 0 Å². The van der Waals surface area contributed by atoms with E-state index in [0.717, 1.165) is 13.1 Å². The fourth-order valence-electron chi connectivity index (χ4n) is 2.97. The van der Waals surface area contributed by atoms with Crippen molar-refractivity contribution in [3.05, 3.63) is 47.5 Å². The van der Waals surface area contributed by atoms with E-state index in [1.807, 2.05) is 24.1 Å². The van der Waals surface area contributed by atoms with Gasteiger partial charge in [0.1, 0.15) is 0 Å². The van der Waals surface area contributed by atoms with E-state index in [1.54, 1.807) is 0 Å². The largest absolute Gasteiger partial charge is 0.298 e. The molecule has 3 heterocycles. The molecule has 0 radical (unpaired) electrons. The average molecular weight is 270 g/mol. The number of hydrogen-bond donors (Lipinski definition) is 0. The highest BCUT2D eigenvalue weighted by Gasteiger charge is 2.22. The summed E-state index contributed by atoms with van der Waals surface area (Å²) in [6.07, 6.45) is 8.55. The van der Waals surface area contributed by atoms with Crippen LogP contribution in [0.2, 0.25) is 0 Å². The molecule has 106 valence electrons. The van der Waals surface area contributed by atoms with Crippen molar-refractivity contribution in [1.29, 1.82) is 0 Å². The molecule has 1 saturated heterocycles. The first-order valence-electron chi connectivity index (χ1n) is 7.33. The summed E-state index contributed by atoms with van der Waals surface area (Å²) in [5, 5.41) is 4.25. The van der Waals surface area contributed by atoms with Gasteiger partial charge in [-0.2, -0.15) is 5.10 Å². The Bertz CT molecular complexity index is 558. The number of aromatic nitrogens is 3. The summed E-state index contributed by atoms with van der Waals surface area (Å²) < 4.78 is 1.87. The van der Waals surface area contributed by atoms with Gasteiger partial charge in [-0.25, -0.2) is 0 Å². The maximum Gasteiger partial charge on any atom is 0.0534 e. The zero-order valence-corrected chi connectivity index (χ0v) is 12.3. The van der Waals surface area contributed by atoms with Crippen molar-refractivity contribution in [2.45, 2.75) is 32.2 Å². The van der Waals surface area contributed by atoms with Gasteiger partial charge in [-0.15, -0.1) is 0 Å². The van der Waals surface area contributed by atoms with Crippen molar-refractivity contribution in [3.8, 4) is 0 Å². The van der Waals surface area contributed by atoms with Crippen LogP contribution in [0.3, 0.4) is 0 Å². The topological polar surface area (TPSA) is 34.0 Å². The van der Waals surface area contributed by atoms with E-state index in [-0.39, 0.29) is 0 Å². The third-order valence-electron chi connectivity index (χ3n) is 4.02. The number of rotatable bonds is 3. The molecule has 1 atom stereocenters. The Morgan fingerprint density at radius 1 is 1.30 bits per heavy atom. The van der Waals surface area contributed by atoms with Crippen molar-refractivity contribution < 1.29 is 0 Å². The van der Waals surface area contributed by atoms with Crippen LogP contribution in [-0.2, 0) is 13.6 Å². The van der Waals surface area contributed by atoms with Gasteiger partial charge >= 0.3 is 0 Å². The second-order valence-electron chi connectivity index (χ2n) is 5.86. The summed E-state index contributed by atoms with van der Waals surface area (Å²) in [6.45, 7) is 5.37. The maximum atomic E-state index is 4.60. The van der Waals surface area contributed by atoms with Crippen molar-refractivity contribution in [1.82, 2.24) is 19.7 Å². The molecule has 1 aliphatic rings. The Morgan fingerprint density at radius 3 is 2.90 bits per heavy atom. The molecule has 1 aliphatic heterocycles. The lowest BCUT2D eigenvalue weighted by molar-refractivity contribution is 0.198. The molecular weight excluding hydrogens is 248 g/mol. The van der Waals surface area contributed by atoms with Crippen LogP contribution in [0.1, 0.15) is 35.6 Å². The van der Waals surface area contributed by atoms with E-state index in [4.69, 9.17) is 0 Å². The van der Waals surface area contributed by atoms with Crippen LogP contribution in [0.25, 0.3) is 0 Å². The van der Waals surface area contributed by atoms with Gasteiger partial charge in [0.2, 0.25) is 0 Å². The lowest BCUT2D eigenvalue weighted by Gasteiger charge is -2.32. The molecule has 20 heavy (non-hydrogen) atoms. The molecule has 3 rings (SSSR count). The number of hydrogen-bond acceptors (Lipinski definition) is 3. The number of pyridine rings is 1. The standard InChI is InChI=1S/C16H22N4/c1-13-5-6-16(17-8-13)15-4-3-7-20(12-15)11-14-9-18-19(2)10-14/h5-6,8-10,15H,3-4,7,11-12H2,1-2H3. The lowest BCUT2D eigenvalue weighted by atomic mass is 9.94. The van der Waals surface area contributed by atoms with Crippen LogP contribution in [0.15, 0.2) is 30.7 Å². The molecule has 0 aliphatic carbocycles. The first kappa shape index (κ1) is 13.3. The summed E-state index contributed by atoms with van der Waals surface area (Å²) in [7, 11) is 1.97. The van der Waals surface area contributed by atoms with E-state index in [2.05, 4.69) is 40.2 Å². The second-order valence-corrected chi connectivity index (χ2v) is 5.86. The van der Waals surface area contributed by atoms with E-state index in [9.17, 15) is 0 Å². The third-order valence-corrected chi connectivity index (χ3v) is 4.02. The SMILES string of the molecule is Cc1ccc(C2CCCN(Cc3cnn(C)c3)C2)nc1. The first-order valence-corrected chi connectivity index (χ1v) is 7.33. The molecule has 0 aromatic carbocycles. The van der Waals surface area contributed by atoms with Crippen molar-refractivity contribution in [3.63, 3.8) is 0 Å². The van der Waals surface area contributed by atoms with Gasteiger partial charge in [-0.05, 0) is 37.9 Å². The fourth-order valence-corrected chi connectivity index (χ4v) is 2.97. The minimum atomic E-state index is 0.570. The molecule has 0 N–H and O–H groups in total. The van der Waals surface area contributed by atoms with Crippen LogP contribution in [0.4, 0.5) is 0 Å². The van der Waals surface area contributed by atoms with E-state index in [0.29, 0.717) is 5.92 Å². The highest BCUT2D eigenvalue weighted by atomic mass is 15.2. The summed E-state index contributed by atoms with van der Waals surface area (Å²) in [5.74, 6) is 0.570. The van der Waals surface area contributed by atoms with Gasteiger partial charge in [-0.3, -0.25) is 14.6 Å². The predicted molar refractivity (Wildman–Crippen MR) is 79.4 cm³/mol. The van der Waals surface area contributed by atoms with Gasteiger partial charge in [0, 0.05) is 49.7 Å². The van der Waals surface area contributed by atoms with Crippen LogP contribution >= 0.6 is 0 Å². The molecule has 0 saturated carbocycles. The Labute approximate surface area is 120 Å². The summed E-state index contributed by atoms with van der Waals surface area (Å²) in [4.78, 5) is 7.12. The third kappa shape index (κ3) is 3.07. The van der Waals surface area contributed by atoms with Crippen molar-refractivity contribution >= 4 is 0 Å². The van der Waals surface area contributed by atoms with E-state index >= 15 is 0 Å². The molecular formula is C16H22N4. The quantitative estimate of drug-likeness (QED) is 0.859. The van der Waals surface area contributed by atoms with Crippen LogP contribution in [0.5, 0.6) is 0 Å². The highest BCUT2D eigenvalue weighted by Crippen LogP contribution is 2.26. The maximum absolute atomic E-state index is 4.60. The molecule has 1 fully saturated rings. The fraction of sp³-hybridized carbons (Fsp3) is 0.500. The molecule has 0 spiro atoms. The van der Waals surface area contributed by atoms with Gasteiger partial charge in [0.25, 0.3) is 0 Å². The lowest BCUT2D eigenvalue weighted by Crippen LogP contribution is -2.34. The minimum absolute atomic E-state index is 0.570. The Balaban J connectivity index is 1.65. The Kier molecular flexibility index (Phi) is 3.83. The normalized spacial score (nSPS) is 20.2. The van der Waals surface area contributed by atoms with E-state index < -0.39 is 0 Å². The number of nitrogens with zero attached hydrogens (tertiary/aromatic N) is 4. The van der Waals surface area contributed by atoms with Crippen LogP contribution in [-0.4, -0.2) is 32.8 Å². The zero-order chi connectivity index (χ0) is 13.9. The van der Waals surface area contributed by atoms with E-state index in [1.165, 1.54) is 36.2 Å². The molecule has 2 aromatic rings. The van der Waals surface area contributed by atoms with Crippen molar-refractivity contribution in [2.24, 2.45) is 7.05 Å². The van der Waals surface area contributed by atoms with Gasteiger partial charge in [-0.1, -0.05) is 6.07 Å². The number of piperidine rings is 1. The Hall–Kier alpha value is -1.68.